The van der Waals surface area contributed by atoms with Gasteiger partial charge in [-0.15, -0.1) is 11.3 Å². The molecule has 1 heterocycles. The van der Waals surface area contributed by atoms with E-state index < -0.39 is 0 Å². The molecule has 0 fully saturated rings. The summed E-state index contributed by atoms with van der Waals surface area (Å²) in [6, 6.07) is 0. The van der Waals surface area contributed by atoms with Crippen molar-refractivity contribution in [3.05, 3.63) is 16.0 Å². The largest absolute Gasteiger partial charge is 0.390 e. The number of carbonyl (C=O) groups is 1. The van der Waals surface area contributed by atoms with E-state index in [1.54, 1.807) is 0 Å². The number of thiophene rings is 1. The number of hydrogen-bond acceptors (Lipinski definition) is 3. The second-order valence-electron chi connectivity index (χ2n) is 3.50. The fourth-order valence-electron chi connectivity index (χ4n) is 1.53. The molecule has 0 unspecified atom stereocenters. The number of nitrogen functional groups attached to an aromatic ring is 1. The predicted octanol–water partition coefficient (Wildman–Crippen LogP) is 2.34. The minimum Gasteiger partial charge on any atom is -0.390 e. The van der Waals surface area contributed by atoms with Gasteiger partial charge in [0.1, 0.15) is 0 Å². The second kappa shape index (κ2) is 5.16. The van der Waals surface area contributed by atoms with Crippen molar-refractivity contribution in [2.24, 2.45) is 0 Å². The van der Waals surface area contributed by atoms with Gasteiger partial charge in [-0.2, -0.15) is 0 Å². The van der Waals surface area contributed by atoms with Gasteiger partial charge in [0.05, 0.1) is 10.6 Å². The van der Waals surface area contributed by atoms with Crippen molar-refractivity contribution in [2.45, 2.75) is 33.6 Å². The molecule has 3 N–H and O–H groups in total. The normalized spacial score (nSPS) is 10.3. The molecule has 0 aliphatic heterocycles. The number of anilines is 1. The van der Waals surface area contributed by atoms with E-state index in [4.69, 9.17) is 5.73 Å². The third-order valence-corrected chi connectivity index (χ3v) is 3.62. The summed E-state index contributed by atoms with van der Waals surface area (Å²) < 4.78 is 0. The molecule has 0 atom stereocenters. The number of nitrogens with one attached hydrogen (secondary N) is 1. The summed E-state index contributed by atoms with van der Waals surface area (Å²) in [5.74, 6) is -0.0391. The van der Waals surface area contributed by atoms with Crippen LogP contribution in [-0.4, -0.2) is 12.5 Å². The average molecular weight is 226 g/mol. The highest BCUT2D eigenvalue weighted by Gasteiger charge is 2.17. The predicted molar refractivity (Wildman–Crippen MR) is 65.5 cm³/mol. The van der Waals surface area contributed by atoms with Crippen LogP contribution in [0.1, 0.15) is 41.1 Å². The number of aryl methyl sites for hydroxylation is 1. The lowest BCUT2D eigenvalue weighted by Gasteiger charge is -2.04. The van der Waals surface area contributed by atoms with Crippen LogP contribution in [0.3, 0.4) is 0 Å². The van der Waals surface area contributed by atoms with E-state index >= 15 is 0 Å². The third-order valence-electron chi connectivity index (χ3n) is 2.36. The minimum absolute atomic E-state index is 0.0391. The Morgan fingerprint density at radius 1 is 1.47 bits per heavy atom. The Morgan fingerprint density at radius 2 is 2.13 bits per heavy atom. The zero-order valence-electron chi connectivity index (χ0n) is 9.52. The Morgan fingerprint density at radius 3 is 2.60 bits per heavy atom. The molecule has 1 amide bonds. The van der Waals surface area contributed by atoms with Crippen LogP contribution in [0.4, 0.5) is 5.00 Å². The van der Waals surface area contributed by atoms with Crippen LogP contribution in [0, 0.1) is 6.92 Å². The van der Waals surface area contributed by atoms with Gasteiger partial charge in [0.15, 0.2) is 0 Å². The summed E-state index contributed by atoms with van der Waals surface area (Å²) in [4.78, 5) is 13.0. The SMILES string of the molecule is CCCNC(=O)c1c(N)sc(CC)c1C. The van der Waals surface area contributed by atoms with Crippen molar-refractivity contribution in [3.8, 4) is 0 Å². The topological polar surface area (TPSA) is 55.1 Å². The van der Waals surface area contributed by atoms with Crippen LogP contribution in [0.2, 0.25) is 0 Å². The van der Waals surface area contributed by atoms with Crippen LogP contribution in [0.5, 0.6) is 0 Å². The van der Waals surface area contributed by atoms with Crippen LogP contribution in [-0.2, 0) is 6.42 Å². The molecular weight excluding hydrogens is 208 g/mol. The first-order chi connectivity index (χ1) is 7.11. The molecular formula is C11H18N2OS. The fourth-order valence-corrected chi connectivity index (χ4v) is 2.54. The Bertz CT molecular complexity index is 358. The van der Waals surface area contributed by atoms with Crippen molar-refractivity contribution in [2.75, 3.05) is 12.3 Å². The number of nitrogens with two attached hydrogens (primary N) is 1. The maximum atomic E-state index is 11.8. The number of amides is 1. The van der Waals surface area contributed by atoms with E-state index in [1.165, 1.54) is 16.2 Å². The minimum atomic E-state index is -0.0391. The lowest BCUT2D eigenvalue weighted by Crippen LogP contribution is -2.25. The summed E-state index contributed by atoms with van der Waals surface area (Å²) in [5.41, 5.74) is 7.56. The highest BCUT2D eigenvalue weighted by atomic mass is 32.1. The van der Waals surface area contributed by atoms with Gasteiger partial charge >= 0.3 is 0 Å². The van der Waals surface area contributed by atoms with Crippen molar-refractivity contribution in [1.29, 1.82) is 0 Å². The van der Waals surface area contributed by atoms with Crippen LogP contribution in [0.15, 0.2) is 0 Å². The molecule has 0 spiro atoms. The molecule has 0 bridgehead atoms. The zero-order chi connectivity index (χ0) is 11.4. The van der Waals surface area contributed by atoms with E-state index in [-0.39, 0.29) is 5.91 Å². The molecule has 0 aliphatic carbocycles. The Labute approximate surface area is 94.7 Å². The Kier molecular flexibility index (Phi) is 4.15. The summed E-state index contributed by atoms with van der Waals surface area (Å²) in [5, 5.41) is 3.49. The van der Waals surface area contributed by atoms with E-state index in [0.29, 0.717) is 17.1 Å². The van der Waals surface area contributed by atoms with Crippen molar-refractivity contribution in [3.63, 3.8) is 0 Å². The first kappa shape index (κ1) is 12.0. The number of hydrogen-bond donors (Lipinski definition) is 2. The van der Waals surface area contributed by atoms with Crippen molar-refractivity contribution >= 4 is 22.2 Å². The molecule has 3 nitrogen and oxygen atoms in total. The number of carbonyl (C=O) groups excluding carboxylic acids is 1. The summed E-state index contributed by atoms with van der Waals surface area (Å²) >= 11 is 1.52. The maximum Gasteiger partial charge on any atom is 0.254 e. The van der Waals surface area contributed by atoms with Crippen LogP contribution >= 0.6 is 11.3 Å². The average Bonchev–Trinajstić information content (AvgIpc) is 2.50. The first-order valence-electron chi connectivity index (χ1n) is 5.27. The van der Waals surface area contributed by atoms with E-state index in [2.05, 4.69) is 12.2 Å². The summed E-state index contributed by atoms with van der Waals surface area (Å²) in [6.07, 6.45) is 1.87. The molecule has 4 heteroatoms. The molecule has 0 aliphatic rings. The Balaban J connectivity index is 2.93. The van der Waals surface area contributed by atoms with E-state index in [9.17, 15) is 4.79 Å². The van der Waals surface area contributed by atoms with Crippen molar-refractivity contribution < 1.29 is 4.79 Å². The lowest BCUT2D eigenvalue weighted by atomic mass is 10.1. The quantitative estimate of drug-likeness (QED) is 0.828. The molecule has 84 valence electrons. The van der Waals surface area contributed by atoms with Crippen molar-refractivity contribution in [1.82, 2.24) is 5.32 Å². The fraction of sp³-hybridized carbons (Fsp3) is 0.545. The van der Waals surface area contributed by atoms with Gasteiger partial charge in [0.25, 0.3) is 5.91 Å². The maximum absolute atomic E-state index is 11.8. The van der Waals surface area contributed by atoms with Gasteiger partial charge in [0.2, 0.25) is 0 Å². The molecule has 1 rings (SSSR count). The highest BCUT2D eigenvalue weighted by molar-refractivity contribution is 7.16. The second-order valence-corrected chi connectivity index (χ2v) is 4.64. The molecule has 1 aromatic rings. The molecule has 1 aromatic heterocycles. The van der Waals surface area contributed by atoms with E-state index in [0.717, 1.165) is 18.4 Å². The molecule has 0 radical (unpaired) electrons. The first-order valence-corrected chi connectivity index (χ1v) is 6.09. The number of rotatable bonds is 4. The van der Waals surface area contributed by atoms with E-state index in [1.807, 2.05) is 13.8 Å². The smallest absolute Gasteiger partial charge is 0.254 e. The summed E-state index contributed by atoms with van der Waals surface area (Å²) in [7, 11) is 0. The van der Waals surface area contributed by atoms with Gasteiger partial charge in [0, 0.05) is 11.4 Å². The monoisotopic (exact) mass is 226 g/mol. The van der Waals surface area contributed by atoms with Gasteiger partial charge in [-0.05, 0) is 25.3 Å². The molecule has 15 heavy (non-hydrogen) atoms. The van der Waals surface area contributed by atoms with Gasteiger partial charge in [-0.1, -0.05) is 13.8 Å². The van der Waals surface area contributed by atoms with Crippen LogP contribution in [0.25, 0.3) is 0 Å². The molecule has 0 aromatic carbocycles. The Hall–Kier alpha value is -1.03. The van der Waals surface area contributed by atoms with Gasteiger partial charge in [-0.3, -0.25) is 4.79 Å². The molecule has 0 saturated carbocycles. The third kappa shape index (κ3) is 2.50. The van der Waals surface area contributed by atoms with Gasteiger partial charge < -0.3 is 11.1 Å². The van der Waals surface area contributed by atoms with Gasteiger partial charge in [-0.25, -0.2) is 0 Å². The lowest BCUT2D eigenvalue weighted by molar-refractivity contribution is 0.0954. The highest BCUT2D eigenvalue weighted by Crippen LogP contribution is 2.30. The zero-order valence-corrected chi connectivity index (χ0v) is 10.3. The molecule has 0 saturated heterocycles. The summed E-state index contributed by atoms with van der Waals surface area (Å²) in [6.45, 7) is 6.77. The van der Waals surface area contributed by atoms with Crippen LogP contribution < -0.4 is 11.1 Å². The standard InChI is InChI=1S/C11H18N2OS/c1-4-6-13-11(14)9-7(3)8(5-2)15-10(9)12/h4-6,12H2,1-3H3,(H,13,14).